The second kappa shape index (κ2) is 11.5. The fourth-order valence-corrected chi connectivity index (χ4v) is 3.39. The number of benzene rings is 2. The summed E-state index contributed by atoms with van der Waals surface area (Å²) >= 11 is 0. The van der Waals surface area contributed by atoms with Crippen molar-refractivity contribution in [2.24, 2.45) is 5.41 Å². The van der Waals surface area contributed by atoms with Crippen molar-refractivity contribution >= 4 is 5.57 Å². The minimum Gasteiger partial charge on any atom is -0.457 e. The van der Waals surface area contributed by atoms with E-state index in [4.69, 9.17) is 4.74 Å². The molecular formula is C30H34OTi. The Kier molecular flexibility index (Phi) is 9.31. The van der Waals surface area contributed by atoms with Crippen molar-refractivity contribution < 1.29 is 26.5 Å². The summed E-state index contributed by atoms with van der Waals surface area (Å²) < 4.78 is 6.50. The molecule has 1 nitrogen and oxygen atoms in total. The number of allylic oxidation sites excluding steroid dienone is 9. The third-order valence-electron chi connectivity index (χ3n) is 5.55. The van der Waals surface area contributed by atoms with Gasteiger partial charge in [-0.05, 0) is 73.6 Å². The maximum absolute atomic E-state index is 6.50. The maximum atomic E-state index is 6.50. The number of ether oxygens (including phenoxy) is 1. The zero-order chi connectivity index (χ0) is 22.4. The Morgan fingerprint density at radius 1 is 0.875 bits per heavy atom. The number of hydrogen-bond donors (Lipinski definition) is 0. The SMILES string of the molecule is CC(C)=C(C)C=C(C(=CC1=CC(C(C)(C)C)=CC1)Oc1ccccc1)c1ccccc1.[Ti]. The normalized spacial score (nSPS) is 14.3. The smallest absolute Gasteiger partial charge is 0.135 e. The summed E-state index contributed by atoms with van der Waals surface area (Å²) in [5, 5.41) is 0. The predicted octanol–water partition coefficient (Wildman–Crippen LogP) is 8.69. The van der Waals surface area contributed by atoms with E-state index in [9.17, 15) is 0 Å². The second-order valence-electron chi connectivity index (χ2n) is 9.36. The fraction of sp³-hybridized carbons (Fsp3) is 0.267. The first-order valence-electron chi connectivity index (χ1n) is 11.0. The monoisotopic (exact) mass is 458 g/mol. The van der Waals surface area contributed by atoms with Crippen molar-refractivity contribution in [3.8, 4) is 5.75 Å². The molecule has 0 atom stereocenters. The van der Waals surface area contributed by atoms with Gasteiger partial charge < -0.3 is 4.74 Å². The number of hydrogen-bond acceptors (Lipinski definition) is 1. The summed E-state index contributed by atoms with van der Waals surface area (Å²) in [5.41, 5.74) is 7.57. The molecule has 0 aliphatic heterocycles. The molecule has 2 aromatic carbocycles. The molecule has 0 aromatic heterocycles. The van der Waals surface area contributed by atoms with E-state index < -0.39 is 0 Å². The summed E-state index contributed by atoms with van der Waals surface area (Å²) in [6, 6.07) is 20.5. The van der Waals surface area contributed by atoms with Gasteiger partial charge in [-0.25, -0.2) is 0 Å². The van der Waals surface area contributed by atoms with Crippen molar-refractivity contribution in [2.45, 2.75) is 48.0 Å². The van der Waals surface area contributed by atoms with Gasteiger partial charge in [0.1, 0.15) is 11.5 Å². The Bertz CT molecular complexity index is 1050. The van der Waals surface area contributed by atoms with E-state index in [2.05, 4.69) is 96.2 Å². The van der Waals surface area contributed by atoms with E-state index in [1.165, 1.54) is 22.3 Å². The van der Waals surface area contributed by atoms with Crippen LogP contribution in [-0.2, 0) is 21.7 Å². The largest absolute Gasteiger partial charge is 0.457 e. The predicted molar refractivity (Wildman–Crippen MR) is 134 cm³/mol. The van der Waals surface area contributed by atoms with Crippen molar-refractivity contribution in [1.29, 1.82) is 0 Å². The van der Waals surface area contributed by atoms with E-state index in [0.29, 0.717) is 0 Å². The first-order chi connectivity index (χ1) is 14.7. The van der Waals surface area contributed by atoms with E-state index in [1.807, 2.05) is 30.3 Å². The van der Waals surface area contributed by atoms with Gasteiger partial charge in [-0.3, -0.25) is 0 Å². The van der Waals surface area contributed by atoms with Crippen LogP contribution in [0.3, 0.4) is 0 Å². The molecule has 2 aromatic rings. The second-order valence-corrected chi connectivity index (χ2v) is 9.36. The van der Waals surface area contributed by atoms with E-state index in [-0.39, 0.29) is 27.1 Å². The van der Waals surface area contributed by atoms with Gasteiger partial charge in [-0.15, -0.1) is 0 Å². The summed E-state index contributed by atoms with van der Waals surface area (Å²) in [4.78, 5) is 0. The van der Waals surface area contributed by atoms with Gasteiger partial charge in [0.2, 0.25) is 0 Å². The Labute approximate surface area is 209 Å². The van der Waals surface area contributed by atoms with Crippen LogP contribution in [0.2, 0.25) is 0 Å². The molecule has 0 amide bonds. The maximum Gasteiger partial charge on any atom is 0.135 e. The Morgan fingerprint density at radius 3 is 2.00 bits per heavy atom. The Hall–Kier alpha value is -2.35. The van der Waals surface area contributed by atoms with Crippen LogP contribution in [0.15, 0.2) is 113 Å². The molecule has 164 valence electrons. The number of rotatable bonds is 6. The average molecular weight is 458 g/mol. The summed E-state index contributed by atoms with van der Waals surface area (Å²) in [6.07, 6.45) is 10.0. The molecule has 0 saturated heterocycles. The van der Waals surface area contributed by atoms with Gasteiger partial charge in [0, 0.05) is 27.3 Å². The zero-order valence-corrected chi connectivity index (χ0v) is 21.8. The molecule has 0 radical (unpaired) electrons. The molecule has 1 aliphatic carbocycles. The fourth-order valence-electron chi connectivity index (χ4n) is 3.39. The number of para-hydroxylation sites is 1. The molecule has 0 bridgehead atoms. The first-order valence-corrected chi connectivity index (χ1v) is 11.0. The average Bonchev–Trinajstić information content (AvgIpc) is 3.22. The third kappa shape index (κ3) is 7.09. The minimum atomic E-state index is 0. The van der Waals surface area contributed by atoms with Crippen LogP contribution in [0.5, 0.6) is 5.75 Å². The summed E-state index contributed by atoms with van der Waals surface area (Å²) in [7, 11) is 0. The van der Waals surface area contributed by atoms with Crippen molar-refractivity contribution in [1.82, 2.24) is 0 Å². The molecule has 0 unspecified atom stereocenters. The van der Waals surface area contributed by atoms with Crippen molar-refractivity contribution in [3.05, 3.63) is 119 Å². The van der Waals surface area contributed by atoms with Gasteiger partial charge in [-0.1, -0.05) is 92.6 Å². The molecule has 2 heteroatoms. The van der Waals surface area contributed by atoms with Crippen LogP contribution in [0.4, 0.5) is 0 Å². The van der Waals surface area contributed by atoms with Crippen molar-refractivity contribution in [3.63, 3.8) is 0 Å². The minimum absolute atomic E-state index is 0. The van der Waals surface area contributed by atoms with Crippen molar-refractivity contribution in [2.75, 3.05) is 0 Å². The molecular weight excluding hydrogens is 424 g/mol. The van der Waals surface area contributed by atoms with E-state index in [0.717, 1.165) is 29.1 Å². The topological polar surface area (TPSA) is 9.23 Å². The molecule has 0 heterocycles. The summed E-state index contributed by atoms with van der Waals surface area (Å²) in [5.74, 6) is 1.71. The standard InChI is InChI=1S/C30H34O.Ti/c1-22(2)23(3)19-28(25-13-9-7-10-14-25)29(31-27-15-11-8-12-16-27)21-24-17-18-26(20-24)30(4,5)6;/h7-16,18-21H,17H2,1-6H3;. The van der Waals surface area contributed by atoms with Crippen LogP contribution in [0, 0.1) is 5.41 Å². The molecule has 0 fully saturated rings. The van der Waals surface area contributed by atoms with Crippen LogP contribution < -0.4 is 4.74 Å². The summed E-state index contributed by atoms with van der Waals surface area (Å²) in [6.45, 7) is 13.2. The van der Waals surface area contributed by atoms with Gasteiger partial charge in [-0.2, -0.15) is 0 Å². The van der Waals surface area contributed by atoms with Gasteiger partial charge in [0.05, 0.1) is 0 Å². The van der Waals surface area contributed by atoms with E-state index >= 15 is 0 Å². The van der Waals surface area contributed by atoms with Crippen LogP contribution in [0.25, 0.3) is 5.57 Å². The Balaban J connectivity index is 0.00000363. The molecule has 0 N–H and O–H groups in total. The van der Waals surface area contributed by atoms with Gasteiger partial charge in [0.15, 0.2) is 0 Å². The van der Waals surface area contributed by atoms with Gasteiger partial charge >= 0.3 is 0 Å². The van der Waals surface area contributed by atoms with Crippen LogP contribution in [0.1, 0.15) is 53.5 Å². The Morgan fingerprint density at radius 2 is 1.47 bits per heavy atom. The van der Waals surface area contributed by atoms with Crippen LogP contribution in [-0.4, -0.2) is 0 Å². The molecule has 1 aliphatic rings. The first kappa shape index (κ1) is 25.9. The molecule has 0 saturated carbocycles. The molecule has 0 spiro atoms. The zero-order valence-electron chi connectivity index (χ0n) is 20.2. The third-order valence-corrected chi connectivity index (χ3v) is 5.55. The van der Waals surface area contributed by atoms with Crippen LogP contribution >= 0.6 is 0 Å². The molecule has 3 rings (SSSR count). The quantitative estimate of drug-likeness (QED) is 0.239. The van der Waals surface area contributed by atoms with Gasteiger partial charge in [0.25, 0.3) is 0 Å². The van der Waals surface area contributed by atoms with E-state index in [1.54, 1.807) is 0 Å². The molecule has 32 heavy (non-hydrogen) atoms.